The lowest BCUT2D eigenvalue weighted by molar-refractivity contribution is -0.137. The number of aromatic nitrogens is 4. The van der Waals surface area contributed by atoms with Crippen LogP contribution in [0.15, 0.2) is 30.9 Å². The molecule has 3 amide bonds. The molecule has 3 heterocycles. The number of thiazole rings is 1. The van der Waals surface area contributed by atoms with E-state index in [0.717, 1.165) is 30.3 Å². The summed E-state index contributed by atoms with van der Waals surface area (Å²) in [5.74, 6) is -2.11. The third-order valence-corrected chi connectivity index (χ3v) is 6.02. The second kappa shape index (κ2) is 11.4. The summed E-state index contributed by atoms with van der Waals surface area (Å²) in [5.41, 5.74) is -1.14. The molecule has 36 heavy (non-hydrogen) atoms. The van der Waals surface area contributed by atoms with Crippen molar-refractivity contribution in [2.75, 3.05) is 11.9 Å². The maximum Gasteiger partial charge on any atom is 0.418 e. The van der Waals surface area contributed by atoms with Crippen molar-refractivity contribution in [2.24, 2.45) is 0 Å². The fourth-order valence-corrected chi connectivity index (χ4v) is 3.79. The Bertz CT molecular complexity index is 1290. The van der Waals surface area contributed by atoms with Gasteiger partial charge in [-0.1, -0.05) is 18.5 Å². The van der Waals surface area contributed by atoms with Crippen LogP contribution in [0, 0.1) is 0 Å². The van der Waals surface area contributed by atoms with Gasteiger partial charge in [0.05, 0.1) is 22.8 Å². The van der Waals surface area contributed by atoms with Crippen LogP contribution in [0.4, 0.5) is 19.0 Å². The lowest BCUT2D eigenvalue weighted by atomic mass is 10.2. The average molecular weight is 542 g/mol. The molecule has 3 rings (SSSR count). The number of amides is 3. The maximum atomic E-state index is 13.0. The molecule has 0 aromatic carbocycles. The normalized spacial score (nSPS) is 12.1. The zero-order valence-corrected chi connectivity index (χ0v) is 20.4. The van der Waals surface area contributed by atoms with Gasteiger partial charge in [0, 0.05) is 18.8 Å². The summed E-state index contributed by atoms with van der Waals surface area (Å²) in [4.78, 5) is 52.7. The summed E-state index contributed by atoms with van der Waals surface area (Å²) >= 11 is 6.46. The van der Waals surface area contributed by atoms with Crippen LogP contribution >= 0.6 is 22.9 Å². The molecule has 0 saturated heterocycles. The monoisotopic (exact) mass is 541 g/mol. The molecule has 1 unspecified atom stereocenters. The van der Waals surface area contributed by atoms with Crippen molar-refractivity contribution in [3.8, 4) is 0 Å². The predicted molar refractivity (Wildman–Crippen MR) is 125 cm³/mol. The van der Waals surface area contributed by atoms with E-state index in [9.17, 15) is 27.6 Å². The third-order valence-electron chi connectivity index (χ3n) is 4.54. The standard InChI is InChI=1S/C21H19ClF3N7O3S/c1-3-4-26-17(33)13-6-14(30-9-29-13)18(34)31-10(2)20-28-8-15(36-20)19(35)32-16-5-11(21(23,24)25)12(22)7-27-16/h5-10H,3-4H2,1-2H3,(H,26,33)(H,31,34)(H,27,32,35). The lowest BCUT2D eigenvalue weighted by Crippen LogP contribution is -2.29. The van der Waals surface area contributed by atoms with Crippen molar-refractivity contribution in [1.82, 2.24) is 30.6 Å². The second-order valence-electron chi connectivity index (χ2n) is 7.30. The molecule has 0 spiro atoms. The molecular weight excluding hydrogens is 523 g/mol. The Kier molecular flexibility index (Phi) is 8.53. The van der Waals surface area contributed by atoms with Gasteiger partial charge < -0.3 is 16.0 Å². The van der Waals surface area contributed by atoms with Gasteiger partial charge in [-0.2, -0.15) is 13.2 Å². The van der Waals surface area contributed by atoms with Gasteiger partial charge in [-0.25, -0.2) is 19.9 Å². The zero-order chi connectivity index (χ0) is 26.5. The smallest absolute Gasteiger partial charge is 0.351 e. The largest absolute Gasteiger partial charge is 0.418 e. The highest BCUT2D eigenvalue weighted by atomic mass is 35.5. The van der Waals surface area contributed by atoms with Gasteiger partial charge in [-0.15, -0.1) is 11.3 Å². The number of anilines is 1. The first kappa shape index (κ1) is 26.9. The SMILES string of the molecule is CCCNC(=O)c1cc(C(=O)NC(C)c2ncc(C(=O)Nc3cc(C(F)(F)F)c(Cl)cn3)s2)ncn1. The quantitative estimate of drug-likeness (QED) is 0.393. The molecule has 0 aliphatic rings. The Morgan fingerprint density at radius 1 is 1.03 bits per heavy atom. The Morgan fingerprint density at radius 2 is 1.72 bits per heavy atom. The Labute approximate surface area is 211 Å². The molecule has 0 saturated carbocycles. The van der Waals surface area contributed by atoms with Gasteiger partial charge in [0.1, 0.15) is 33.4 Å². The molecule has 15 heteroatoms. The van der Waals surface area contributed by atoms with Gasteiger partial charge in [0.25, 0.3) is 17.7 Å². The van der Waals surface area contributed by atoms with Crippen molar-refractivity contribution in [3.05, 3.63) is 62.7 Å². The van der Waals surface area contributed by atoms with Crippen LogP contribution in [-0.4, -0.2) is 44.2 Å². The highest BCUT2D eigenvalue weighted by Gasteiger charge is 2.34. The van der Waals surface area contributed by atoms with E-state index >= 15 is 0 Å². The van der Waals surface area contributed by atoms with Crippen molar-refractivity contribution in [3.63, 3.8) is 0 Å². The first-order valence-corrected chi connectivity index (χ1v) is 11.6. The Balaban J connectivity index is 1.66. The number of alkyl halides is 3. The van der Waals surface area contributed by atoms with Crippen molar-refractivity contribution < 1.29 is 27.6 Å². The van der Waals surface area contributed by atoms with Crippen molar-refractivity contribution in [1.29, 1.82) is 0 Å². The molecule has 3 N–H and O–H groups in total. The van der Waals surface area contributed by atoms with Gasteiger partial charge >= 0.3 is 6.18 Å². The molecule has 190 valence electrons. The molecule has 3 aromatic rings. The van der Waals surface area contributed by atoms with Crippen LogP contribution in [0.25, 0.3) is 0 Å². The van der Waals surface area contributed by atoms with Crippen LogP contribution in [0.1, 0.15) is 67.5 Å². The topological polar surface area (TPSA) is 139 Å². The fraction of sp³-hybridized carbons (Fsp3) is 0.286. The molecule has 0 radical (unpaired) electrons. The molecular formula is C21H19ClF3N7O3S. The number of halogens is 4. The van der Waals surface area contributed by atoms with E-state index in [1.54, 1.807) is 6.92 Å². The fourth-order valence-electron chi connectivity index (χ4n) is 2.76. The molecule has 0 aliphatic carbocycles. The first-order valence-electron chi connectivity index (χ1n) is 10.4. The molecule has 0 bridgehead atoms. The molecule has 10 nitrogen and oxygen atoms in total. The van der Waals surface area contributed by atoms with E-state index in [2.05, 4.69) is 35.9 Å². The number of carbonyl (C=O) groups excluding carboxylic acids is 3. The summed E-state index contributed by atoms with van der Waals surface area (Å²) < 4.78 is 39.1. The van der Waals surface area contributed by atoms with E-state index in [0.29, 0.717) is 17.6 Å². The number of rotatable bonds is 8. The average Bonchev–Trinajstić information content (AvgIpc) is 3.34. The summed E-state index contributed by atoms with van der Waals surface area (Å²) in [6.45, 7) is 3.97. The number of hydrogen-bond donors (Lipinski definition) is 3. The number of carbonyl (C=O) groups is 3. The number of nitrogens with zero attached hydrogens (tertiary/aromatic N) is 4. The second-order valence-corrected chi connectivity index (χ2v) is 8.77. The molecule has 0 fully saturated rings. The highest BCUT2D eigenvalue weighted by Crippen LogP contribution is 2.35. The minimum absolute atomic E-state index is 0.0361. The third kappa shape index (κ3) is 6.73. The van der Waals surface area contributed by atoms with E-state index < -0.39 is 40.5 Å². The number of hydrogen-bond acceptors (Lipinski definition) is 8. The van der Waals surface area contributed by atoms with Crippen LogP contribution < -0.4 is 16.0 Å². The van der Waals surface area contributed by atoms with Crippen molar-refractivity contribution >= 4 is 46.5 Å². The van der Waals surface area contributed by atoms with Crippen molar-refractivity contribution in [2.45, 2.75) is 32.5 Å². The molecule has 0 aliphatic heterocycles. The van der Waals surface area contributed by atoms with Gasteiger partial charge in [0.15, 0.2) is 0 Å². The van der Waals surface area contributed by atoms with E-state index in [1.165, 1.54) is 12.3 Å². The summed E-state index contributed by atoms with van der Waals surface area (Å²) in [7, 11) is 0. The zero-order valence-electron chi connectivity index (χ0n) is 18.8. The maximum absolute atomic E-state index is 13.0. The summed E-state index contributed by atoms with van der Waals surface area (Å²) in [6, 6.07) is 1.23. The van der Waals surface area contributed by atoms with Gasteiger partial charge in [0.2, 0.25) is 0 Å². The van der Waals surface area contributed by atoms with Crippen LogP contribution in [0.2, 0.25) is 5.02 Å². The summed E-state index contributed by atoms with van der Waals surface area (Å²) in [5, 5.41) is 7.33. The Hall–Kier alpha value is -3.65. The number of nitrogens with one attached hydrogen (secondary N) is 3. The lowest BCUT2D eigenvalue weighted by Gasteiger charge is -2.11. The summed E-state index contributed by atoms with van der Waals surface area (Å²) in [6.07, 6.45) is -0.864. The first-order chi connectivity index (χ1) is 17.0. The number of pyridine rings is 1. The van der Waals surface area contributed by atoms with E-state index in [1.807, 2.05) is 6.92 Å². The minimum atomic E-state index is -4.71. The highest BCUT2D eigenvalue weighted by molar-refractivity contribution is 7.13. The van der Waals surface area contributed by atoms with Crippen LogP contribution in [-0.2, 0) is 6.18 Å². The van der Waals surface area contributed by atoms with Crippen LogP contribution in [0.5, 0.6) is 0 Å². The van der Waals surface area contributed by atoms with Gasteiger partial charge in [-0.3, -0.25) is 14.4 Å². The van der Waals surface area contributed by atoms with Crippen LogP contribution in [0.3, 0.4) is 0 Å². The van der Waals surface area contributed by atoms with Gasteiger partial charge in [-0.05, 0) is 19.4 Å². The molecule has 1 atom stereocenters. The van der Waals surface area contributed by atoms with E-state index in [-0.39, 0.29) is 22.1 Å². The Morgan fingerprint density at radius 3 is 2.39 bits per heavy atom. The predicted octanol–water partition coefficient (Wildman–Crippen LogP) is 3.88. The molecule has 3 aromatic heterocycles. The minimum Gasteiger partial charge on any atom is -0.351 e. The van der Waals surface area contributed by atoms with E-state index in [4.69, 9.17) is 11.6 Å².